The van der Waals surface area contributed by atoms with Crippen LogP contribution in [0.5, 0.6) is 0 Å². The molecule has 0 amide bonds. The van der Waals surface area contributed by atoms with Crippen molar-refractivity contribution in [3.8, 4) is 6.07 Å². The lowest BCUT2D eigenvalue weighted by atomic mass is 10.1. The molecule has 1 aromatic heterocycles. The zero-order chi connectivity index (χ0) is 13.2. The van der Waals surface area contributed by atoms with Crippen molar-refractivity contribution in [1.82, 2.24) is 9.55 Å². The van der Waals surface area contributed by atoms with Crippen molar-refractivity contribution >= 4 is 0 Å². The van der Waals surface area contributed by atoms with Gasteiger partial charge in [-0.3, -0.25) is 4.57 Å². The number of aryl methyl sites for hydroxylation is 2. The van der Waals surface area contributed by atoms with Crippen LogP contribution in [0.2, 0.25) is 0 Å². The number of hydrogen-bond donors (Lipinski definition) is 0. The van der Waals surface area contributed by atoms with E-state index >= 15 is 0 Å². The lowest BCUT2D eigenvalue weighted by Crippen LogP contribution is -2.33. The van der Waals surface area contributed by atoms with E-state index in [0.717, 1.165) is 10.6 Å². The molecule has 0 spiro atoms. The minimum Gasteiger partial charge on any atom is -0.295 e. The Morgan fingerprint density at radius 3 is 2.53 bits per heavy atom. The monoisotopic (exact) mass is 245 g/mol. The summed E-state index contributed by atoms with van der Waals surface area (Å²) in [6.45, 7) is 2.35. The summed E-state index contributed by atoms with van der Waals surface area (Å²) in [5.41, 5.74) is 0.0169. The third kappa shape index (κ3) is 3.06. The number of halogens is 3. The number of nitriles is 1. The predicted molar refractivity (Wildman–Crippen MR) is 53.1 cm³/mol. The second-order valence-electron chi connectivity index (χ2n) is 3.66. The Morgan fingerprint density at radius 1 is 1.53 bits per heavy atom. The number of rotatable bonds is 2. The van der Waals surface area contributed by atoms with Gasteiger partial charge in [-0.15, -0.1) is 0 Å². The van der Waals surface area contributed by atoms with Crippen LogP contribution in [-0.4, -0.2) is 15.7 Å². The van der Waals surface area contributed by atoms with Gasteiger partial charge in [0.05, 0.1) is 12.6 Å². The number of aromatic nitrogens is 2. The van der Waals surface area contributed by atoms with Gasteiger partial charge in [0.15, 0.2) is 5.92 Å². The molecule has 0 saturated carbocycles. The maximum atomic E-state index is 12.4. The van der Waals surface area contributed by atoms with E-state index in [2.05, 4.69) is 4.98 Å². The lowest BCUT2D eigenvalue weighted by molar-refractivity contribution is -0.162. The van der Waals surface area contributed by atoms with Crippen LogP contribution in [0.15, 0.2) is 10.9 Å². The highest BCUT2D eigenvalue weighted by Gasteiger charge is 2.40. The van der Waals surface area contributed by atoms with E-state index < -0.39 is 24.3 Å². The van der Waals surface area contributed by atoms with Gasteiger partial charge in [0, 0.05) is 11.4 Å². The summed E-state index contributed by atoms with van der Waals surface area (Å²) in [5, 5.41) is 8.45. The Labute approximate surface area is 95.3 Å². The molecular weight excluding hydrogens is 235 g/mol. The molecule has 1 unspecified atom stereocenters. The van der Waals surface area contributed by atoms with Crippen molar-refractivity contribution in [1.29, 1.82) is 5.26 Å². The Hall–Kier alpha value is -1.84. The molecule has 0 aliphatic rings. The van der Waals surface area contributed by atoms with Crippen LogP contribution in [0.4, 0.5) is 13.2 Å². The summed E-state index contributed by atoms with van der Waals surface area (Å²) < 4.78 is 38.0. The van der Waals surface area contributed by atoms with Gasteiger partial charge in [0.2, 0.25) is 0 Å². The van der Waals surface area contributed by atoms with Crippen LogP contribution < -0.4 is 5.69 Å². The molecule has 1 heterocycles. The van der Waals surface area contributed by atoms with Crippen molar-refractivity contribution in [3.05, 3.63) is 27.9 Å². The summed E-state index contributed by atoms with van der Waals surface area (Å²) in [6, 6.07) is 2.64. The first-order chi connectivity index (χ1) is 7.75. The van der Waals surface area contributed by atoms with Gasteiger partial charge in [-0.1, -0.05) is 0 Å². The van der Waals surface area contributed by atoms with E-state index in [0.29, 0.717) is 11.4 Å². The third-order valence-electron chi connectivity index (χ3n) is 2.26. The van der Waals surface area contributed by atoms with Crippen LogP contribution >= 0.6 is 0 Å². The summed E-state index contributed by atoms with van der Waals surface area (Å²) in [5.74, 6) is -2.21. The lowest BCUT2D eigenvalue weighted by Gasteiger charge is -2.16. The van der Waals surface area contributed by atoms with Crippen molar-refractivity contribution in [2.75, 3.05) is 0 Å². The number of alkyl halides is 3. The number of hydrogen-bond acceptors (Lipinski definition) is 3. The van der Waals surface area contributed by atoms with Gasteiger partial charge in [-0.25, -0.2) is 4.79 Å². The van der Waals surface area contributed by atoms with Crippen LogP contribution in [0.3, 0.4) is 0 Å². The van der Waals surface area contributed by atoms with Crippen LogP contribution in [0, 0.1) is 31.1 Å². The first-order valence-electron chi connectivity index (χ1n) is 4.77. The summed E-state index contributed by atoms with van der Waals surface area (Å²) in [6.07, 6.45) is -4.65. The maximum Gasteiger partial charge on any atom is 0.406 e. The predicted octanol–water partition coefficient (Wildman–Crippen LogP) is 1.56. The fourth-order valence-corrected chi connectivity index (χ4v) is 1.40. The highest BCUT2D eigenvalue weighted by molar-refractivity contribution is 5.07. The molecule has 0 saturated heterocycles. The molecule has 1 rings (SSSR count). The summed E-state index contributed by atoms with van der Waals surface area (Å²) in [4.78, 5) is 14.9. The molecule has 0 N–H and O–H groups in total. The van der Waals surface area contributed by atoms with Crippen LogP contribution in [-0.2, 0) is 6.54 Å². The van der Waals surface area contributed by atoms with Crippen LogP contribution in [0.25, 0.3) is 0 Å². The topological polar surface area (TPSA) is 58.7 Å². The van der Waals surface area contributed by atoms with Gasteiger partial charge in [0.25, 0.3) is 0 Å². The highest BCUT2D eigenvalue weighted by atomic mass is 19.4. The van der Waals surface area contributed by atoms with Gasteiger partial charge >= 0.3 is 11.9 Å². The molecule has 92 valence electrons. The van der Waals surface area contributed by atoms with E-state index in [9.17, 15) is 18.0 Å². The highest BCUT2D eigenvalue weighted by Crippen LogP contribution is 2.26. The van der Waals surface area contributed by atoms with E-state index in [1.807, 2.05) is 0 Å². The maximum absolute atomic E-state index is 12.4. The molecule has 1 aromatic rings. The summed E-state index contributed by atoms with van der Waals surface area (Å²) >= 11 is 0. The van der Waals surface area contributed by atoms with E-state index in [1.54, 1.807) is 6.92 Å². The minimum absolute atomic E-state index is 0.354. The summed E-state index contributed by atoms with van der Waals surface area (Å²) in [7, 11) is 0. The average Bonchev–Trinajstić information content (AvgIpc) is 2.14. The second kappa shape index (κ2) is 4.57. The van der Waals surface area contributed by atoms with Crippen LogP contribution in [0.1, 0.15) is 11.4 Å². The quantitative estimate of drug-likeness (QED) is 0.794. The zero-order valence-electron chi connectivity index (χ0n) is 9.25. The Bertz CT molecular complexity index is 513. The minimum atomic E-state index is -4.65. The first-order valence-corrected chi connectivity index (χ1v) is 4.77. The van der Waals surface area contributed by atoms with E-state index in [1.165, 1.54) is 13.0 Å². The van der Waals surface area contributed by atoms with E-state index in [4.69, 9.17) is 5.26 Å². The molecule has 0 aliphatic heterocycles. The van der Waals surface area contributed by atoms with Gasteiger partial charge in [-0.2, -0.15) is 23.4 Å². The fourth-order valence-electron chi connectivity index (χ4n) is 1.40. The van der Waals surface area contributed by atoms with Crippen molar-refractivity contribution in [3.63, 3.8) is 0 Å². The fraction of sp³-hybridized carbons (Fsp3) is 0.500. The Kier molecular flexibility index (Phi) is 3.56. The van der Waals surface area contributed by atoms with E-state index in [-0.39, 0.29) is 0 Å². The number of nitrogens with zero attached hydrogens (tertiary/aromatic N) is 3. The van der Waals surface area contributed by atoms with Gasteiger partial charge < -0.3 is 0 Å². The Balaban J connectivity index is 3.13. The molecular formula is C10H10F3N3O. The van der Waals surface area contributed by atoms with Crippen molar-refractivity contribution < 1.29 is 13.2 Å². The smallest absolute Gasteiger partial charge is 0.295 e. The standard InChI is InChI=1S/C10H10F3N3O/c1-6-3-7(2)16(9(17)15-6)5-8(4-14)10(11,12)13/h3,8H,5H2,1-2H3. The molecule has 0 bridgehead atoms. The van der Waals surface area contributed by atoms with Crippen molar-refractivity contribution in [2.24, 2.45) is 5.92 Å². The zero-order valence-corrected chi connectivity index (χ0v) is 9.25. The molecule has 0 fully saturated rings. The molecule has 4 nitrogen and oxygen atoms in total. The third-order valence-corrected chi connectivity index (χ3v) is 2.26. The molecule has 0 aliphatic carbocycles. The van der Waals surface area contributed by atoms with Gasteiger partial charge in [-0.05, 0) is 19.9 Å². The molecule has 0 radical (unpaired) electrons. The normalized spacial score (nSPS) is 13.2. The van der Waals surface area contributed by atoms with Crippen molar-refractivity contribution in [2.45, 2.75) is 26.6 Å². The molecule has 7 heteroatoms. The molecule has 1 atom stereocenters. The first kappa shape index (κ1) is 13.2. The Morgan fingerprint density at radius 2 is 2.12 bits per heavy atom. The SMILES string of the molecule is Cc1cc(C)n(CC(C#N)C(F)(F)F)c(=O)n1. The molecule has 17 heavy (non-hydrogen) atoms. The van der Waals surface area contributed by atoms with Gasteiger partial charge in [0.1, 0.15) is 0 Å². The molecule has 0 aromatic carbocycles. The average molecular weight is 245 g/mol. The second-order valence-corrected chi connectivity index (χ2v) is 3.66. The largest absolute Gasteiger partial charge is 0.406 e.